The fraction of sp³-hybridized carbons (Fsp3) is 0.389. The SMILES string of the molecule is COc1cc(Cl)c(C)cc1Nc1cc(C(=O)NCCC(C)C)ncn1. The van der Waals surface area contributed by atoms with Gasteiger partial charge in [0.25, 0.3) is 5.91 Å². The summed E-state index contributed by atoms with van der Waals surface area (Å²) in [6, 6.07) is 5.21. The van der Waals surface area contributed by atoms with Crippen LogP contribution in [0, 0.1) is 12.8 Å². The predicted molar refractivity (Wildman–Crippen MR) is 99.8 cm³/mol. The lowest BCUT2D eigenvalue weighted by atomic mass is 10.1. The lowest BCUT2D eigenvalue weighted by molar-refractivity contribution is 0.0947. The molecule has 1 aromatic carbocycles. The summed E-state index contributed by atoms with van der Waals surface area (Å²) in [5.41, 5.74) is 1.94. The van der Waals surface area contributed by atoms with E-state index in [1.807, 2.05) is 13.0 Å². The molecule has 0 spiro atoms. The fourth-order valence-electron chi connectivity index (χ4n) is 2.18. The van der Waals surface area contributed by atoms with Crippen molar-refractivity contribution in [2.45, 2.75) is 27.2 Å². The van der Waals surface area contributed by atoms with Crippen molar-refractivity contribution in [3.05, 3.63) is 40.8 Å². The van der Waals surface area contributed by atoms with E-state index in [1.165, 1.54) is 6.33 Å². The standard InChI is InChI=1S/C18H23ClN4O2/c1-11(2)5-6-20-18(24)15-9-17(22-10-21-15)23-14-7-12(3)13(19)8-16(14)25-4/h7-11H,5-6H2,1-4H3,(H,20,24)(H,21,22,23). The molecule has 0 unspecified atom stereocenters. The lowest BCUT2D eigenvalue weighted by Gasteiger charge is -2.13. The number of nitrogens with zero attached hydrogens (tertiary/aromatic N) is 2. The lowest BCUT2D eigenvalue weighted by Crippen LogP contribution is -2.26. The number of methoxy groups -OCH3 is 1. The van der Waals surface area contributed by atoms with Crippen LogP contribution in [0.15, 0.2) is 24.5 Å². The Morgan fingerprint density at radius 3 is 2.72 bits per heavy atom. The highest BCUT2D eigenvalue weighted by atomic mass is 35.5. The minimum atomic E-state index is -0.217. The maximum Gasteiger partial charge on any atom is 0.270 e. The fourth-order valence-corrected chi connectivity index (χ4v) is 2.34. The van der Waals surface area contributed by atoms with E-state index in [-0.39, 0.29) is 5.91 Å². The quantitative estimate of drug-likeness (QED) is 0.779. The van der Waals surface area contributed by atoms with Crippen LogP contribution < -0.4 is 15.4 Å². The van der Waals surface area contributed by atoms with Crippen molar-refractivity contribution in [3.63, 3.8) is 0 Å². The predicted octanol–water partition coefficient (Wildman–Crippen LogP) is 3.97. The molecule has 7 heteroatoms. The summed E-state index contributed by atoms with van der Waals surface area (Å²) in [4.78, 5) is 20.4. The van der Waals surface area contributed by atoms with E-state index in [4.69, 9.17) is 16.3 Å². The monoisotopic (exact) mass is 362 g/mol. The Balaban J connectivity index is 2.14. The Morgan fingerprint density at radius 1 is 1.28 bits per heavy atom. The Labute approximate surface area is 153 Å². The topological polar surface area (TPSA) is 76.1 Å². The molecule has 0 bridgehead atoms. The highest BCUT2D eigenvalue weighted by Crippen LogP contribution is 2.32. The van der Waals surface area contributed by atoms with Crippen LogP contribution in [0.1, 0.15) is 36.3 Å². The van der Waals surface area contributed by atoms with Gasteiger partial charge in [0.2, 0.25) is 0 Å². The molecule has 0 aliphatic heterocycles. The van der Waals surface area contributed by atoms with Gasteiger partial charge in [0, 0.05) is 23.7 Å². The van der Waals surface area contributed by atoms with Crippen molar-refractivity contribution >= 4 is 29.0 Å². The second-order valence-electron chi connectivity index (χ2n) is 6.15. The van der Waals surface area contributed by atoms with Gasteiger partial charge >= 0.3 is 0 Å². The number of hydrogen-bond acceptors (Lipinski definition) is 5. The molecule has 6 nitrogen and oxygen atoms in total. The Hall–Kier alpha value is -2.34. The van der Waals surface area contributed by atoms with Gasteiger partial charge in [-0.2, -0.15) is 0 Å². The van der Waals surface area contributed by atoms with Crippen molar-refractivity contribution in [2.75, 3.05) is 19.0 Å². The molecule has 134 valence electrons. The molecule has 2 N–H and O–H groups in total. The zero-order valence-electron chi connectivity index (χ0n) is 14.9. The molecular formula is C18H23ClN4O2. The number of halogens is 1. The van der Waals surface area contributed by atoms with Crippen molar-refractivity contribution in [2.24, 2.45) is 5.92 Å². The molecule has 2 aromatic rings. The van der Waals surface area contributed by atoms with Gasteiger partial charge in [0.1, 0.15) is 23.6 Å². The summed E-state index contributed by atoms with van der Waals surface area (Å²) in [5, 5.41) is 6.63. The Morgan fingerprint density at radius 2 is 2.04 bits per heavy atom. The zero-order chi connectivity index (χ0) is 18.4. The second-order valence-corrected chi connectivity index (χ2v) is 6.56. The van der Waals surface area contributed by atoms with E-state index in [1.54, 1.807) is 19.2 Å². The number of hydrogen-bond donors (Lipinski definition) is 2. The van der Waals surface area contributed by atoms with Gasteiger partial charge in [-0.15, -0.1) is 0 Å². The van der Waals surface area contributed by atoms with Crippen LogP contribution in [-0.4, -0.2) is 29.5 Å². The van der Waals surface area contributed by atoms with E-state index >= 15 is 0 Å². The van der Waals surface area contributed by atoms with Crippen LogP contribution >= 0.6 is 11.6 Å². The molecule has 0 aliphatic carbocycles. The normalized spacial score (nSPS) is 10.6. The highest BCUT2D eigenvalue weighted by molar-refractivity contribution is 6.31. The average molecular weight is 363 g/mol. The Kier molecular flexibility index (Phi) is 6.58. The number of aromatic nitrogens is 2. The van der Waals surface area contributed by atoms with Crippen LogP contribution in [0.25, 0.3) is 0 Å². The molecule has 0 aliphatic rings. The van der Waals surface area contributed by atoms with Crippen LogP contribution in [0.4, 0.5) is 11.5 Å². The summed E-state index contributed by atoms with van der Waals surface area (Å²) >= 11 is 6.12. The number of nitrogens with one attached hydrogen (secondary N) is 2. The molecule has 0 saturated carbocycles. The molecule has 1 heterocycles. The number of aryl methyl sites for hydroxylation is 1. The van der Waals surface area contributed by atoms with E-state index in [2.05, 4.69) is 34.4 Å². The van der Waals surface area contributed by atoms with Gasteiger partial charge in [-0.3, -0.25) is 4.79 Å². The minimum Gasteiger partial charge on any atom is -0.495 e. The van der Waals surface area contributed by atoms with Gasteiger partial charge in [0.15, 0.2) is 0 Å². The first-order valence-electron chi connectivity index (χ1n) is 8.12. The number of anilines is 2. The smallest absolute Gasteiger partial charge is 0.270 e. The molecule has 1 aromatic heterocycles. The van der Waals surface area contributed by atoms with Gasteiger partial charge in [-0.1, -0.05) is 25.4 Å². The number of ether oxygens (including phenoxy) is 1. The maximum absolute atomic E-state index is 12.2. The molecule has 0 radical (unpaired) electrons. The van der Waals surface area contributed by atoms with Crippen LogP contribution in [0.2, 0.25) is 5.02 Å². The van der Waals surface area contributed by atoms with Crippen molar-refractivity contribution in [1.29, 1.82) is 0 Å². The number of carbonyl (C=O) groups is 1. The van der Waals surface area contributed by atoms with Gasteiger partial charge in [-0.25, -0.2) is 9.97 Å². The number of amides is 1. The van der Waals surface area contributed by atoms with Crippen molar-refractivity contribution in [1.82, 2.24) is 15.3 Å². The van der Waals surface area contributed by atoms with Gasteiger partial charge in [-0.05, 0) is 30.9 Å². The first-order valence-corrected chi connectivity index (χ1v) is 8.50. The average Bonchev–Trinajstić information content (AvgIpc) is 2.57. The summed E-state index contributed by atoms with van der Waals surface area (Å²) in [6.07, 6.45) is 2.28. The third-order valence-electron chi connectivity index (χ3n) is 3.65. The second kappa shape index (κ2) is 8.67. The zero-order valence-corrected chi connectivity index (χ0v) is 15.6. The molecule has 2 rings (SSSR count). The van der Waals surface area contributed by atoms with Crippen LogP contribution in [0.3, 0.4) is 0 Å². The van der Waals surface area contributed by atoms with Crippen molar-refractivity contribution in [3.8, 4) is 5.75 Å². The van der Waals surface area contributed by atoms with Crippen LogP contribution in [0.5, 0.6) is 5.75 Å². The summed E-state index contributed by atoms with van der Waals surface area (Å²) in [5.74, 6) is 1.41. The van der Waals surface area contributed by atoms with E-state index in [9.17, 15) is 4.79 Å². The number of benzene rings is 1. The molecule has 0 fully saturated rings. The molecule has 1 amide bonds. The van der Waals surface area contributed by atoms with Gasteiger partial charge in [0.05, 0.1) is 12.8 Å². The summed E-state index contributed by atoms with van der Waals surface area (Å²) in [7, 11) is 1.57. The largest absolute Gasteiger partial charge is 0.495 e. The molecule has 0 saturated heterocycles. The first-order chi connectivity index (χ1) is 11.9. The molecular weight excluding hydrogens is 340 g/mol. The first kappa shape index (κ1) is 19.0. The highest BCUT2D eigenvalue weighted by Gasteiger charge is 2.11. The van der Waals surface area contributed by atoms with Crippen LogP contribution in [-0.2, 0) is 0 Å². The Bertz CT molecular complexity index is 750. The minimum absolute atomic E-state index is 0.217. The van der Waals surface area contributed by atoms with Crippen molar-refractivity contribution < 1.29 is 9.53 Å². The summed E-state index contributed by atoms with van der Waals surface area (Å²) in [6.45, 7) is 6.74. The van der Waals surface area contributed by atoms with E-state index in [0.29, 0.717) is 40.4 Å². The van der Waals surface area contributed by atoms with E-state index < -0.39 is 0 Å². The van der Waals surface area contributed by atoms with E-state index in [0.717, 1.165) is 12.0 Å². The maximum atomic E-state index is 12.2. The third kappa shape index (κ3) is 5.32. The molecule has 0 atom stereocenters. The van der Waals surface area contributed by atoms with Gasteiger partial charge < -0.3 is 15.4 Å². The molecule has 25 heavy (non-hydrogen) atoms. The number of carbonyl (C=O) groups excluding carboxylic acids is 1. The summed E-state index contributed by atoms with van der Waals surface area (Å²) < 4.78 is 5.34. The third-order valence-corrected chi connectivity index (χ3v) is 4.06. The number of rotatable bonds is 7.